The largest absolute Gasteiger partial charge is 0.452 e. The first-order valence-electron chi connectivity index (χ1n) is 8.83. The molecule has 1 atom stereocenters. The molecule has 2 aliphatic rings. The Balaban J connectivity index is 1.86. The molecule has 146 valence electrons. The second kappa shape index (κ2) is 7.31. The van der Waals surface area contributed by atoms with E-state index < -0.39 is 30.1 Å². The third-order valence-corrected chi connectivity index (χ3v) is 5.18. The summed E-state index contributed by atoms with van der Waals surface area (Å²) < 4.78 is 5.23. The second-order valence-electron chi connectivity index (χ2n) is 6.73. The van der Waals surface area contributed by atoms with Crippen LogP contribution in [0.25, 0.3) is 0 Å². The van der Waals surface area contributed by atoms with Crippen LogP contribution in [0, 0.1) is 11.3 Å². The standard InChI is InChI=1S/C19H20N4O5/c1-21(11-5-10-20)16(25)12-28-18(27)19-9-8-15(24)23(19)14-7-4-3-6-13(14)17(26)22(19)2/h3-4,6-7H,5,8-9,11-12H2,1-2H3/t19-/m0/s1. The van der Waals surface area contributed by atoms with Gasteiger partial charge in [-0.2, -0.15) is 5.26 Å². The molecule has 0 aliphatic carbocycles. The van der Waals surface area contributed by atoms with Crippen LogP contribution in [-0.4, -0.2) is 66.4 Å². The fourth-order valence-electron chi connectivity index (χ4n) is 3.59. The van der Waals surface area contributed by atoms with Crippen LogP contribution < -0.4 is 4.90 Å². The van der Waals surface area contributed by atoms with Gasteiger partial charge in [-0.05, 0) is 12.1 Å². The van der Waals surface area contributed by atoms with Crippen LogP contribution in [0.4, 0.5) is 5.69 Å². The number of anilines is 1. The molecule has 0 unspecified atom stereocenters. The molecule has 28 heavy (non-hydrogen) atoms. The van der Waals surface area contributed by atoms with Gasteiger partial charge in [-0.25, -0.2) is 4.79 Å². The number of para-hydroxylation sites is 1. The minimum absolute atomic E-state index is 0.0804. The van der Waals surface area contributed by atoms with Crippen LogP contribution in [0.15, 0.2) is 24.3 Å². The molecule has 9 nitrogen and oxygen atoms in total. The van der Waals surface area contributed by atoms with Gasteiger partial charge >= 0.3 is 5.97 Å². The Kier molecular flexibility index (Phi) is 5.05. The molecule has 2 heterocycles. The van der Waals surface area contributed by atoms with E-state index in [4.69, 9.17) is 10.00 Å². The van der Waals surface area contributed by atoms with E-state index in [0.717, 1.165) is 0 Å². The van der Waals surface area contributed by atoms with Crippen molar-refractivity contribution in [3.63, 3.8) is 0 Å². The Morgan fingerprint density at radius 3 is 2.75 bits per heavy atom. The number of amides is 3. The van der Waals surface area contributed by atoms with Gasteiger partial charge in [0.05, 0.1) is 23.7 Å². The SMILES string of the molecule is CN(CCC#N)C(=O)COC(=O)[C@]12CCC(=O)N1c1ccccc1C(=O)N2C. The lowest BCUT2D eigenvalue weighted by molar-refractivity contribution is -0.161. The van der Waals surface area contributed by atoms with E-state index in [-0.39, 0.29) is 31.7 Å². The highest BCUT2D eigenvalue weighted by atomic mass is 16.5. The number of fused-ring (bicyclic) bond motifs is 3. The fourth-order valence-corrected chi connectivity index (χ4v) is 3.59. The van der Waals surface area contributed by atoms with Crippen molar-refractivity contribution in [3.05, 3.63) is 29.8 Å². The van der Waals surface area contributed by atoms with Crippen molar-refractivity contribution in [2.24, 2.45) is 0 Å². The predicted octanol–water partition coefficient (Wildman–Crippen LogP) is 0.511. The highest BCUT2D eigenvalue weighted by Crippen LogP contribution is 2.44. The summed E-state index contributed by atoms with van der Waals surface area (Å²) in [5.41, 5.74) is -0.910. The first-order chi connectivity index (χ1) is 13.3. The number of likely N-dealkylation sites (N-methyl/N-ethyl adjacent to an activating group) is 2. The molecular weight excluding hydrogens is 364 g/mol. The van der Waals surface area contributed by atoms with Crippen molar-refractivity contribution in [2.75, 3.05) is 32.1 Å². The Bertz CT molecular complexity index is 893. The first kappa shape index (κ1) is 19.4. The normalized spacial score (nSPS) is 20.3. The molecule has 0 radical (unpaired) electrons. The van der Waals surface area contributed by atoms with Gasteiger partial charge in [0.25, 0.3) is 11.8 Å². The molecule has 1 aromatic carbocycles. The molecule has 0 spiro atoms. The number of benzene rings is 1. The number of carbonyl (C=O) groups is 4. The average molecular weight is 384 g/mol. The van der Waals surface area contributed by atoms with Crippen molar-refractivity contribution < 1.29 is 23.9 Å². The maximum absolute atomic E-state index is 13.0. The highest BCUT2D eigenvalue weighted by Gasteiger charge is 2.60. The summed E-state index contributed by atoms with van der Waals surface area (Å²) in [7, 11) is 2.95. The zero-order chi connectivity index (χ0) is 20.5. The summed E-state index contributed by atoms with van der Waals surface area (Å²) in [6.07, 6.45) is 0.327. The van der Waals surface area contributed by atoms with Crippen molar-refractivity contribution in [3.8, 4) is 6.07 Å². The molecule has 3 amide bonds. The number of hydrogen-bond donors (Lipinski definition) is 0. The average Bonchev–Trinajstić information content (AvgIpc) is 3.06. The lowest BCUT2D eigenvalue weighted by Gasteiger charge is -2.46. The van der Waals surface area contributed by atoms with E-state index in [1.807, 2.05) is 6.07 Å². The van der Waals surface area contributed by atoms with Gasteiger partial charge in [-0.1, -0.05) is 12.1 Å². The van der Waals surface area contributed by atoms with Crippen molar-refractivity contribution in [2.45, 2.75) is 24.9 Å². The Morgan fingerprint density at radius 1 is 1.32 bits per heavy atom. The monoisotopic (exact) mass is 384 g/mol. The minimum Gasteiger partial charge on any atom is -0.452 e. The predicted molar refractivity (Wildman–Crippen MR) is 96.8 cm³/mol. The van der Waals surface area contributed by atoms with Crippen LogP contribution in [0.3, 0.4) is 0 Å². The minimum atomic E-state index is -1.60. The van der Waals surface area contributed by atoms with Gasteiger partial charge in [-0.3, -0.25) is 19.3 Å². The van der Waals surface area contributed by atoms with Gasteiger partial charge in [0.1, 0.15) is 0 Å². The Hall–Kier alpha value is -3.41. The molecule has 0 aromatic heterocycles. The van der Waals surface area contributed by atoms with E-state index in [0.29, 0.717) is 11.3 Å². The van der Waals surface area contributed by atoms with E-state index >= 15 is 0 Å². The highest BCUT2D eigenvalue weighted by molar-refractivity contribution is 6.15. The molecule has 1 fully saturated rings. The second-order valence-corrected chi connectivity index (χ2v) is 6.73. The zero-order valence-corrected chi connectivity index (χ0v) is 15.7. The van der Waals surface area contributed by atoms with Gasteiger partial charge in [0.2, 0.25) is 11.6 Å². The van der Waals surface area contributed by atoms with Gasteiger partial charge < -0.3 is 14.5 Å². The summed E-state index contributed by atoms with van der Waals surface area (Å²) in [6, 6.07) is 8.53. The van der Waals surface area contributed by atoms with Crippen LogP contribution >= 0.6 is 0 Å². The summed E-state index contributed by atoms with van der Waals surface area (Å²) in [5, 5.41) is 8.60. The maximum Gasteiger partial charge on any atom is 0.354 e. The van der Waals surface area contributed by atoms with Crippen LogP contribution in [0.2, 0.25) is 0 Å². The van der Waals surface area contributed by atoms with Crippen molar-refractivity contribution >= 4 is 29.4 Å². The van der Waals surface area contributed by atoms with Crippen molar-refractivity contribution in [1.82, 2.24) is 9.80 Å². The quantitative estimate of drug-likeness (QED) is 0.684. The number of rotatable bonds is 5. The summed E-state index contributed by atoms with van der Waals surface area (Å²) in [4.78, 5) is 54.3. The molecule has 9 heteroatoms. The smallest absolute Gasteiger partial charge is 0.354 e. The third kappa shape index (κ3) is 2.87. The summed E-state index contributed by atoms with van der Waals surface area (Å²) >= 11 is 0. The molecular formula is C19H20N4O5. The third-order valence-electron chi connectivity index (χ3n) is 5.18. The molecule has 0 bridgehead atoms. The number of nitrogens with zero attached hydrogens (tertiary/aromatic N) is 4. The molecule has 3 rings (SSSR count). The topological polar surface area (TPSA) is 111 Å². The van der Waals surface area contributed by atoms with Crippen LogP contribution in [0.1, 0.15) is 29.6 Å². The summed E-state index contributed by atoms with van der Waals surface area (Å²) in [5.74, 6) is -1.98. The molecule has 0 saturated carbocycles. The lowest BCUT2D eigenvalue weighted by atomic mass is 9.97. The molecule has 1 saturated heterocycles. The van der Waals surface area contributed by atoms with Crippen LogP contribution in [-0.2, 0) is 19.1 Å². The first-order valence-corrected chi connectivity index (χ1v) is 8.83. The van der Waals surface area contributed by atoms with E-state index in [1.165, 1.54) is 28.8 Å². The molecule has 1 aromatic rings. The molecule has 0 N–H and O–H groups in total. The van der Waals surface area contributed by atoms with Crippen LogP contribution in [0.5, 0.6) is 0 Å². The molecule has 2 aliphatic heterocycles. The Labute approximate surface area is 162 Å². The van der Waals surface area contributed by atoms with Gasteiger partial charge in [-0.15, -0.1) is 0 Å². The number of esters is 1. The van der Waals surface area contributed by atoms with Gasteiger partial charge in [0, 0.05) is 33.5 Å². The number of carbonyl (C=O) groups excluding carboxylic acids is 4. The van der Waals surface area contributed by atoms with Crippen molar-refractivity contribution in [1.29, 1.82) is 5.26 Å². The van der Waals surface area contributed by atoms with E-state index in [9.17, 15) is 19.2 Å². The van der Waals surface area contributed by atoms with Gasteiger partial charge in [0.15, 0.2) is 6.61 Å². The lowest BCUT2D eigenvalue weighted by Crippen LogP contribution is -2.67. The number of hydrogen-bond acceptors (Lipinski definition) is 6. The van der Waals surface area contributed by atoms with E-state index in [1.54, 1.807) is 24.3 Å². The Morgan fingerprint density at radius 2 is 2.04 bits per heavy atom. The zero-order valence-electron chi connectivity index (χ0n) is 15.7. The summed E-state index contributed by atoms with van der Waals surface area (Å²) in [6.45, 7) is -0.317. The number of nitriles is 1. The maximum atomic E-state index is 13.0. The number of ether oxygens (including phenoxy) is 1. The van der Waals surface area contributed by atoms with E-state index in [2.05, 4.69) is 0 Å². The fraction of sp³-hybridized carbons (Fsp3) is 0.421.